The summed E-state index contributed by atoms with van der Waals surface area (Å²) in [5, 5.41) is 3.94. The van der Waals surface area contributed by atoms with Crippen LogP contribution in [0.2, 0.25) is 0 Å². The number of rotatable bonds is 8. The maximum Gasteiger partial charge on any atom is 0.412 e. The summed E-state index contributed by atoms with van der Waals surface area (Å²) in [6.07, 6.45) is 7.18. The van der Waals surface area contributed by atoms with E-state index in [4.69, 9.17) is 16.3 Å². The third kappa shape index (κ3) is 5.13. The maximum atomic E-state index is 12.0. The fraction of sp³-hybridized carbons (Fsp3) is 0.526. The highest BCUT2D eigenvalue weighted by atomic mass is 35.5. The van der Waals surface area contributed by atoms with Crippen molar-refractivity contribution in [3.63, 3.8) is 0 Å². The summed E-state index contributed by atoms with van der Waals surface area (Å²) in [6.45, 7) is 3.77. The third-order valence-electron chi connectivity index (χ3n) is 4.68. The Labute approximate surface area is 153 Å². The normalized spacial score (nSPS) is 14.9. The molecule has 0 radical (unpaired) electrons. The predicted octanol–water partition coefficient (Wildman–Crippen LogP) is 3.91. The number of benzene rings is 1. The summed E-state index contributed by atoms with van der Waals surface area (Å²) in [5.41, 5.74) is 2.29. The summed E-state index contributed by atoms with van der Waals surface area (Å²) in [4.78, 5) is 17.6. The average molecular weight is 364 g/mol. The van der Waals surface area contributed by atoms with Gasteiger partial charge in [0.15, 0.2) is 0 Å². The number of carbonyl (C=O) groups is 1. The van der Waals surface area contributed by atoms with Gasteiger partial charge in [0.05, 0.1) is 0 Å². The van der Waals surface area contributed by atoms with Gasteiger partial charge in [0.25, 0.3) is 0 Å². The summed E-state index contributed by atoms with van der Waals surface area (Å²) < 4.78 is 5.43. The molecule has 25 heavy (non-hydrogen) atoms. The molecular weight excluding hydrogens is 338 g/mol. The molecule has 1 aliphatic heterocycles. The fourth-order valence-corrected chi connectivity index (χ4v) is 3.49. The number of amides is 1. The molecule has 6 heteroatoms. The quantitative estimate of drug-likeness (QED) is 0.552. The van der Waals surface area contributed by atoms with E-state index >= 15 is 0 Å². The molecule has 0 saturated carbocycles. The monoisotopic (exact) mass is 363 g/mol. The lowest BCUT2D eigenvalue weighted by Crippen LogP contribution is -2.35. The first-order chi connectivity index (χ1) is 12.3. The number of hydrogen-bond acceptors (Lipinski definition) is 3. The van der Waals surface area contributed by atoms with Crippen LogP contribution in [0.5, 0.6) is 5.75 Å². The zero-order chi connectivity index (χ0) is 17.5. The number of alkyl halides is 1. The largest absolute Gasteiger partial charge is 0.412 e. The van der Waals surface area contributed by atoms with Crippen LogP contribution in [0.4, 0.5) is 4.79 Å². The molecule has 0 spiro atoms. The van der Waals surface area contributed by atoms with E-state index in [2.05, 4.69) is 15.2 Å². The van der Waals surface area contributed by atoms with Gasteiger partial charge in [-0.3, -0.25) is 0 Å². The van der Waals surface area contributed by atoms with Crippen molar-refractivity contribution in [3.05, 3.63) is 30.0 Å². The zero-order valence-corrected chi connectivity index (χ0v) is 15.3. The van der Waals surface area contributed by atoms with Crippen molar-refractivity contribution in [2.24, 2.45) is 0 Å². The molecule has 2 aromatic rings. The van der Waals surface area contributed by atoms with Gasteiger partial charge in [-0.2, -0.15) is 0 Å². The van der Waals surface area contributed by atoms with Gasteiger partial charge in [-0.25, -0.2) is 4.79 Å². The Kier molecular flexibility index (Phi) is 6.59. The number of likely N-dealkylation sites (tertiary alicyclic amines) is 1. The van der Waals surface area contributed by atoms with Crippen LogP contribution in [0, 0.1) is 0 Å². The number of halogens is 1. The number of nitrogens with zero attached hydrogens (tertiary/aromatic N) is 1. The van der Waals surface area contributed by atoms with Crippen molar-refractivity contribution in [2.45, 2.75) is 32.1 Å². The van der Waals surface area contributed by atoms with E-state index in [9.17, 15) is 4.79 Å². The van der Waals surface area contributed by atoms with Crippen molar-refractivity contribution in [1.82, 2.24) is 15.2 Å². The van der Waals surface area contributed by atoms with E-state index < -0.39 is 6.09 Å². The molecule has 2 N–H and O–H groups in total. The van der Waals surface area contributed by atoms with Crippen LogP contribution < -0.4 is 10.1 Å². The minimum Gasteiger partial charge on any atom is -0.410 e. The molecule has 136 valence electrons. The molecule has 1 aromatic heterocycles. The number of ether oxygens (including phenoxy) is 1. The Morgan fingerprint density at radius 3 is 2.92 bits per heavy atom. The van der Waals surface area contributed by atoms with Gasteiger partial charge in [0, 0.05) is 36.1 Å². The van der Waals surface area contributed by atoms with Gasteiger partial charge in [-0.05, 0) is 69.0 Å². The highest BCUT2D eigenvalue weighted by molar-refractivity contribution is 6.17. The number of carbonyl (C=O) groups excluding carboxylic acids is 1. The first-order valence-corrected chi connectivity index (χ1v) is 9.64. The van der Waals surface area contributed by atoms with Gasteiger partial charge in [0.1, 0.15) is 5.75 Å². The van der Waals surface area contributed by atoms with E-state index in [0.29, 0.717) is 18.2 Å². The fourth-order valence-electron chi connectivity index (χ4n) is 3.30. The number of hydrogen-bond donors (Lipinski definition) is 2. The molecule has 0 aliphatic carbocycles. The number of unbranched alkanes of at least 4 members (excludes halogenated alkanes) is 1. The van der Waals surface area contributed by atoms with Crippen molar-refractivity contribution < 1.29 is 9.53 Å². The van der Waals surface area contributed by atoms with E-state index in [1.165, 1.54) is 18.4 Å². The summed E-state index contributed by atoms with van der Waals surface area (Å²) >= 11 is 5.75. The van der Waals surface area contributed by atoms with E-state index in [1.807, 2.05) is 24.4 Å². The smallest absolute Gasteiger partial charge is 0.410 e. The van der Waals surface area contributed by atoms with E-state index in [0.717, 1.165) is 49.8 Å². The van der Waals surface area contributed by atoms with E-state index in [-0.39, 0.29) is 0 Å². The topological polar surface area (TPSA) is 57.4 Å². The average Bonchev–Trinajstić information content (AvgIpc) is 3.25. The zero-order valence-electron chi connectivity index (χ0n) is 14.5. The van der Waals surface area contributed by atoms with Crippen LogP contribution in [0.25, 0.3) is 10.9 Å². The lowest BCUT2D eigenvalue weighted by Gasteiger charge is -2.14. The van der Waals surface area contributed by atoms with Crippen LogP contribution in [0.3, 0.4) is 0 Å². The molecule has 3 rings (SSSR count). The summed E-state index contributed by atoms with van der Waals surface area (Å²) in [7, 11) is 0. The minimum atomic E-state index is -0.391. The van der Waals surface area contributed by atoms with Crippen molar-refractivity contribution in [1.29, 1.82) is 0 Å². The molecule has 2 heterocycles. The molecule has 1 saturated heterocycles. The second-order valence-electron chi connectivity index (χ2n) is 6.53. The molecule has 5 nitrogen and oxygen atoms in total. The Hall–Kier alpha value is -1.72. The van der Waals surface area contributed by atoms with E-state index in [1.54, 1.807) is 0 Å². The standard InChI is InChI=1S/C19H26ClN3O2/c20-8-2-1-5-15-14-22-18-7-6-16(13-17(15)18)25-19(24)21-9-12-23-10-3-4-11-23/h6-7,13-14,22H,1-5,8-12H2,(H,21,24). The number of nitrogens with one attached hydrogen (secondary N) is 2. The lowest BCUT2D eigenvalue weighted by atomic mass is 10.1. The van der Waals surface area contributed by atoms with Crippen LogP contribution in [0.15, 0.2) is 24.4 Å². The maximum absolute atomic E-state index is 12.0. The summed E-state index contributed by atoms with van der Waals surface area (Å²) in [5.74, 6) is 1.26. The first-order valence-electron chi connectivity index (χ1n) is 9.10. The molecular formula is C19H26ClN3O2. The first kappa shape index (κ1) is 18.1. The number of aromatic amines is 1. The SMILES string of the molecule is O=C(NCCN1CCCC1)Oc1ccc2[nH]cc(CCCCCl)c2c1. The van der Waals surface area contributed by atoms with Gasteiger partial charge >= 0.3 is 6.09 Å². The lowest BCUT2D eigenvalue weighted by molar-refractivity contribution is 0.198. The molecule has 0 atom stereocenters. The molecule has 1 aromatic carbocycles. The highest BCUT2D eigenvalue weighted by Gasteiger charge is 2.12. The molecule has 1 fully saturated rings. The van der Waals surface area contributed by atoms with Crippen LogP contribution in [0.1, 0.15) is 31.2 Å². The molecule has 0 unspecified atom stereocenters. The second kappa shape index (κ2) is 9.11. The van der Waals surface area contributed by atoms with Crippen LogP contribution >= 0.6 is 11.6 Å². The van der Waals surface area contributed by atoms with Gasteiger partial charge < -0.3 is 19.9 Å². The predicted molar refractivity (Wildman–Crippen MR) is 102 cm³/mol. The van der Waals surface area contributed by atoms with Crippen molar-refractivity contribution >= 4 is 28.6 Å². The molecule has 1 amide bonds. The second-order valence-corrected chi connectivity index (χ2v) is 6.91. The minimum absolute atomic E-state index is 0.391. The number of fused-ring (bicyclic) bond motifs is 1. The van der Waals surface area contributed by atoms with Crippen LogP contribution in [-0.2, 0) is 6.42 Å². The molecule has 1 aliphatic rings. The van der Waals surface area contributed by atoms with Crippen LogP contribution in [-0.4, -0.2) is 48.0 Å². The third-order valence-corrected chi connectivity index (χ3v) is 4.94. The number of aromatic nitrogens is 1. The summed E-state index contributed by atoms with van der Waals surface area (Å²) in [6, 6.07) is 5.70. The number of H-pyrrole nitrogens is 1. The highest BCUT2D eigenvalue weighted by Crippen LogP contribution is 2.25. The Morgan fingerprint density at radius 1 is 1.28 bits per heavy atom. The Morgan fingerprint density at radius 2 is 2.12 bits per heavy atom. The van der Waals surface area contributed by atoms with Gasteiger partial charge in [0.2, 0.25) is 0 Å². The van der Waals surface area contributed by atoms with Gasteiger partial charge in [-0.1, -0.05) is 0 Å². The number of aryl methyl sites for hydroxylation is 1. The van der Waals surface area contributed by atoms with Crippen molar-refractivity contribution in [3.8, 4) is 5.75 Å². The Balaban J connectivity index is 1.53. The molecule has 0 bridgehead atoms. The Bertz CT molecular complexity index is 695. The van der Waals surface area contributed by atoms with Crippen molar-refractivity contribution in [2.75, 3.05) is 32.1 Å². The van der Waals surface area contributed by atoms with Gasteiger partial charge in [-0.15, -0.1) is 11.6 Å².